The second-order valence-corrected chi connectivity index (χ2v) is 4.00. The number of hydrogen-bond acceptors (Lipinski definition) is 4. The van der Waals surface area contributed by atoms with E-state index in [9.17, 15) is 0 Å². The van der Waals surface area contributed by atoms with Crippen molar-refractivity contribution >= 4 is 28.8 Å². The standard InChI is InChI=1S/C10H12ClNO3S/c11-8-3-6(10(12)16)1-2-9(8)15-5-7(14)4-13/h1-3,7,13-14H,4-5H2,(H2,12,16). The van der Waals surface area contributed by atoms with Gasteiger partial charge in [-0.2, -0.15) is 0 Å². The lowest BCUT2D eigenvalue weighted by molar-refractivity contribution is 0.0536. The Morgan fingerprint density at radius 2 is 2.25 bits per heavy atom. The van der Waals surface area contributed by atoms with Crippen LogP contribution in [0.2, 0.25) is 5.02 Å². The van der Waals surface area contributed by atoms with E-state index in [-0.39, 0.29) is 18.2 Å². The van der Waals surface area contributed by atoms with Crippen LogP contribution in [0.25, 0.3) is 0 Å². The summed E-state index contributed by atoms with van der Waals surface area (Å²) in [5.74, 6) is 0.411. The van der Waals surface area contributed by atoms with Crippen LogP contribution in [0.15, 0.2) is 18.2 Å². The number of nitrogens with two attached hydrogens (primary N) is 1. The molecule has 16 heavy (non-hydrogen) atoms. The van der Waals surface area contributed by atoms with Crippen LogP contribution in [0.5, 0.6) is 5.75 Å². The Morgan fingerprint density at radius 3 is 2.75 bits per heavy atom. The Balaban J connectivity index is 2.72. The summed E-state index contributed by atoms with van der Waals surface area (Å²) >= 11 is 10.7. The number of thiocarbonyl (C=S) groups is 1. The first kappa shape index (κ1) is 13.2. The molecule has 0 aliphatic carbocycles. The first-order valence-electron chi connectivity index (χ1n) is 4.55. The van der Waals surface area contributed by atoms with E-state index in [0.29, 0.717) is 16.3 Å². The molecule has 0 saturated carbocycles. The second-order valence-electron chi connectivity index (χ2n) is 3.16. The van der Waals surface area contributed by atoms with Crippen molar-refractivity contribution in [2.75, 3.05) is 13.2 Å². The zero-order valence-electron chi connectivity index (χ0n) is 8.39. The normalized spacial score (nSPS) is 12.2. The predicted octanol–water partition coefficient (Wildman–Crippen LogP) is 0.706. The number of ether oxygens (including phenoxy) is 1. The minimum absolute atomic E-state index is 0.0252. The zero-order chi connectivity index (χ0) is 12.1. The van der Waals surface area contributed by atoms with Gasteiger partial charge in [0.15, 0.2) is 0 Å². The van der Waals surface area contributed by atoms with E-state index in [2.05, 4.69) is 0 Å². The molecule has 88 valence electrons. The molecule has 1 aromatic rings. The first-order chi connectivity index (χ1) is 7.54. The van der Waals surface area contributed by atoms with Gasteiger partial charge in [-0.3, -0.25) is 0 Å². The molecule has 0 saturated heterocycles. The van der Waals surface area contributed by atoms with Crippen molar-refractivity contribution in [1.29, 1.82) is 0 Å². The summed E-state index contributed by atoms with van der Waals surface area (Å²) < 4.78 is 5.20. The number of hydrogen-bond donors (Lipinski definition) is 3. The van der Waals surface area contributed by atoms with Gasteiger partial charge < -0.3 is 20.7 Å². The Kier molecular flexibility index (Phi) is 4.95. The molecule has 1 atom stereocenters. The van der Waals surface area contributed by atoms with Gasteiger partial charge in [0.1, 0.15) is 23.4 Å². The van der Waals surface area contributed by atoms with Crippen molar-refractivity contribution in [2.45, 2.75) is 6.10 Å². The lowest BCUT2D eigenvalue weighted by atomic mass is 10.2. The molecule has 0 aliphatic heterocycles. The molecule has 1 unspecified atom stereocenters. The molecule has 0 amide bonds. The third kappa shape index (κ3) is 3.61. The molecular weight excluding hydrogens is 250 g/mol. The highest BCUT2D eigenvalue weighted by Gasteiger charge is 2.07. The van der Waals surface area contributed by atoms with Gasteiger partial charge in [-0.15, -0.1) is 0 Å². The Bertz CT molecular complexity index is 386. The highest BCUT2D eigenvalue weighted by molar-refractivity contribution is 7.80. The molecule has 0 spiro atoms. The summed E-state index contributed by atoms with van der Waals surface area (Å²) in [5.41, 5.74) is 6.08. The van der Waals surface area contributed by atoms with E-state index >= 15 is 0 Å². The van der Waals surface area contributed by atoms with Crippen LogP contribution >= 0.6 is 23.8 Å². The van der Waals surface area contributed by atoms with Crippen molar-refractivity contribution in [3.8, 4) is 5.75 Å². The molecule has 0 fully saturated rings. The molecule has 0 bridgehead atoms. The molecule has 0 radical (unpaired) electrons. The average molecular weight is 262 g/mol. The number of aliphatic hydroxyl groups excluding tert-OH is 2. The molecule has 0 aromatic heterocycles. The summed E-state index contributed by atoms with van der Waals surface area (Å²) in [4.78, 5) is 0.254. The number of aliphatic hydroxyl groups is 2. The quantitative estimate of drug-likeness (QED) is 0.681. The maximum absolute atomic E-state index is 9.09. The number of benzene rings is 1. The molecule has 6 heteroatoms. The van der Waals surface area contributed by atoms with Crippen LogP contribution in [-0.2, 0) is 0 Å². The van der Waals surface area contributed by atoms with E-state index in [1.807, 2.05) is 0 Å². The minimum atomic E-state index is -0.925. The topological polar surface area (TPSA) is 75.7 Å². The maximum Gasteiger partial charge on any atom is 0.138 e. The van der Waals surface area contributed by atoms with E-state index in [0.717, 1.165) is 0 Å². The Hall–Kier alpha value is -0.880. The Labute approximate surface area is 104 Å². The SMILES string of the molecule is NC(=S)c1ccc(OCC(O)CO)c(Cl)c1. The fourth-order valence-corrected chi connectivity index (χ4v) is 1.37. The lowest BCUT2D eigenvalue weighted by Gasteiger charge is -2.11. The van der Waals surface area contributed by atoms with E-state index in [4.69, 9.17) is 44.5 Å². The summed E-state index contributed by atoms with van der Waals surface area (Å²) in [6.45, 7) is -0.384. The number of rotatable bonds is 5. The fraction of sp³-hybridized carbons (Fsp3) is 0.300. The lowest BCUT2D eigenvalue weighted by Crippen LogP contribution is -2.21. The predicted molar refractivity (Wildman–Crippen MR) is 65.9 cm³/mol. The summed E-state index contributed by atoms with van der Waals surface area (Å²) in [6, 6.07) is 4.88. The molecule has 1 rings (SSSR count). The summed E-state index contributed by atoms with van der Waals surface area (Å²) in [5, 5.41) is 18.1. The average Bonchev–Trinajstić information content (AvgIpc) is 2.26. The van der Waals surface area contributed by atoms with Gasteiger partial charge in [0.25, 0.3) is 0 Å². The van der Waals surface area contributed by atoms with Crippen molar-refractivity contribution in [2.24, 2.45) is 5.73 Å². The molecule has 1 aromatic carbocycles. The van der Waals surface area contributed by atoms with Crippen molar-refractivity contribution in [1.82, 2.24) is 0 Å². The Morgan fingerprint density at radius 1 is 1.56 bits per heavy atom. The largest absolute Gasteiger partial charge is 0.489 e. The monoisotopic (exact) mass is 261 g/mol. The van der Waals surface area contributed by atoms with Gasteiger partial charge in [0.2, 0.25) is 0 Å². The van der Waals surface area contributed by atoms with Crippen LogP contribution in [0.3, 0.4) is 0 Å². The van der Waals surface area contributed by atoms with Crippen molar-refractivity contribution < 1.29 is 14.9 Å². The van der Waals surface area contributed by atoms with E-state index < -0.39 is 6.10 Å². The van der Waals surface area contributed by atoms with Gasteiger partial charge >= 0.3 is 0 Å². The van der Waals surface area contributed by atoms with Crippen LogP contribution < -0.4 is 10.5 Å². The van der Waals surface area contributed by atoms with Crippen LogP contribution in [-0.4, -0.2) is 34.5 Å². The minimum Gasteiger partial charge on any atom is -0.489 e. The van der Waals surface area contributed by atoms with Crippen molar-refractivity contribution in [3.63, 3.8) is 0 Å². The smallest absolute Gasteiger partial charge is 0.138 e. The fourth-order valence-electron chi connectivity index (χ4n) is 1.01. The zero-order valence-corrected chi connectivity index (χ0v) is 9.96. The van der Waals surface area contributed by atoms with Crippen LogP contribution in [0.1, 0.15) is 5.56 Å². The van der Waals surface area contributed by atoms with Crippen LogP contribution in [0.4, 0.5) is 0 Å². The number of halogens is 1. The second kappa shape index (κ2) is 6.00. The third-order valence-electron chi connectivity index (χ3n) is 1.86. The first-order valence-corrected chi connectivity index (χ1v) is 5.34. The van der Waals surface area contributed by atoms with Gasteiger partial charge in [0, 0.05) is 5.56 Å². The molecule has 4 nitrogen and oxygen atoms in total. The highest BCUT2D eigenvalue weighted by Crippen LogP contribution is 2.25. The summed E-state index contributed by atoms with van der Waals surface area (Å²) in [7, 11) is 0. The van der Waals surface area contributed by atoms with Gasteiger partial charge in [-0.1, -0.05) is 23.8 Å². The van der Waals surface area contributed by atoms with E-state index in [1.165, 1.54) is 0 Å². The van der Waals surface area contributed by atoms with Crippen molar-refractivity contribution in [3.05, 3.63) is 28.8 Å². The molecule has 0 aliphatic rings. The molecular formula is C10H12ClNO3S. The van der Waals surface area contributed by atoms with Gasteiger partial charge in [0.05, 0.1) is 11.6 Å². The van der Waals surface area contributed by atoms with E-state index in [1.54, 1.807) is 18.2 Å². The van der Waals surface area contributed by atoms with Gasteiger partial charge in [-0.05, 0) is 18.2 Å². The maximum atomic E-state index is 9.09. The molecule has 4 N–H and O–H groups in total. The highest BCUT2D eigenvalue weighted by atomic mass is 35.5. The molecule has 0 heterocycles. The summed E-state index contributed by atoms with van der Waals surface area (Å²) in [6.07, 6.45) is -0.925. The van der Waals surface area contributed by atoms with Crippen LogP contribution in [0, 0.1) is 0 Å². The third-order valence-corrected chi connectivity index (χ3v) is 2.39. The van der Waals surface area contributed by atoms with Gasteiger partial charge in [-0.25, -0.2) is 0 Å².